The van der Waals surface area contributed by atoms with Crippen molar-refractivity contribution in [1.82, 2.24) is 19.5 Å². The van der Waals surface area contributed by atoms with E-state index in [0.29, 0.717) is 6.04 Å². The van der Waals surface area contributed by atoms with Gasteiger partial charge in [-0.15, -0.1) is 0 Å². The molecule has 18 heavy (non-hydrogen) atoms. The lowest BCUT2D eigenvalue weighted by molar-refractivity contribution is 0.327. The Labute approximate surface area is 107 Å². The highest BCUT2D eigenvalue weighted by atomic mass is 15.2. The van der Waals surface area contributed by atoms with Crippen molar-refractivity contribution in [3.8, 4) is 0 Å². The molecule has 0 radical (unpaired) electrons. The Hall–Kier alpha value is -1.62. The quantitative estimate of drug-likeness (QED) is 0.889. The van der Waals surface area contributed by atoms with Gasteiger partial charge >= 0.3 is 0 Å². The zero-order chi connectivity index (χ0) is 12.4. The van der Waals surface area contributed by atoms with Gasteiger partial charge in [0, 0.05) is 25.0 Å². The fourth-order valence-corrected chi connectivity index (χ4v) is 2.60. The Bertz CT molecular complexity index is 515. The maximum Gasteiger partial charge on any atom is 0.152 e. The molecule has 0 aliphatic carbocycles. The van der Waals surface area contributed by atoms with E-state index in [4.69, 9.17) is 0 Å². The number of fused-ring (bicyclic) bond motifs is 1. The summed E-state index contributed by atoms with van der Waals surface area (Å²) in [7, 11) is 0. The van der Waals surface area contributed by atoms with E-state index >= 15 is 0 Å². The molecular weight excluding hydrogens is 226 g/mol. The lowest BCUT2D eigenvalue weighted by Crippen LogP contribution is -2.33. The maximum atomic E-state index is 4.40. The lowest BCUT2D eigenvalue weighted by atomic mass is 10.3. The highest BCUT2D eigenvalue weighted by Crippen LogP contribution is 2.14. The highest BCUT2D eigenvalue weighted by molar-refractivity contribution is 5.66. The predicted molar refractivity (Wildman–Crippen MR) is 71.7 cm³/mol. The molecule has 96 valence electrons. The molecule has 1 fully saturated rings. The highest BCUT2D eigenvalue weighted by Gasteiger charge is 2.15. The first-order valence-electron chi connectivity index (χ1n) is 6.60. The van der Waals surface area contributed by atoms with Crippen LogP contribution in [-0.2, 0) is 0 Å². The summed E-state index contributed by atoms with van der Waals surface area (Å²) < 4.78 is 1.85. The average molecular weight is 245 g/mol. The van der Waals surface area contributed by atoms with Crippen molar-refractivity contribution in [3.63, 3.8) is 0 Å². The van der Waals surface area contributed by atoms with Crippen molar-refractivity contribution in [1.29, 1.82) is 0 Å². The summed E-state index contributed by atoms with van der Waals surface area (Å²) in [6.07, 6.45) is 8.12. The van der Waals surface area contributed by atoms with E-state index in [0.717, 1.165) is 17.9 Å². The number of hydrogen-bond donors (Lipinski definition) is 1. The first-order valence-corrected chi connectivity index (χ1v) is 6.60. The zero-order valence-electron chi connectivity index (χ0n) is 10.7. The molecule has 0 bridgehead atoms. The monoisotopic (exact) mass is 245 g/mol. The molecule has 5 nitrogen and oxygen atoms in total. The minimum absolute atomic E-state index is 0.400. The fraction of sp³-hybridized carbons (Fsp3) is 0.538. The summed E-state index contributed by atoms with van der Waals surface area (Å²) in [6.45, 7) is 5.75. The summed E-state index contributed by atoms with van der Waals surface area (Å²) in [6, 6.07) is 2.38. The van der Waals surface area contributed by atoms with Crippen LogP contribution in [0, 0.1) is 0 Å². The molecule has 1 unspecified atom stereocenters. The molecule has 1 N–H and O–H groups in total. The Balaban J connectivity index is 1.69. The summed E-state index contributed by atoms with van der Waals surface area (Å²) in [5.41, 5.74) is 1.03. The zero-order valence-corrected chi connectivity index (χ0v) is 10.7. The molecule has 2 aromatic heterocycles. The van der Waals surface area contributed by atoms with E-state index in [2.05, 4.69) is 27.2 Å². The number of aromatic nitrogens is 3. The number of hydrogen-bond acceptors (Lipinski definition) is 4. The molecule has 1 atom stereocenters. The SMILES string of the molecule is CC(CN1CCCC1)Nc1nccn2nccc12. The summed E-state index contributed by atoms with van der Waals surface area (Å²) in [5.74, 6) is 0.918. The molecule has 1 aliphatic heterocycles. The average Bonchev–Trinajstić information content (AvgIpc) is 2.99. The summed E-state index contributed by atoms with van der Waals surface area (Å²) in [5, 5.41) is 7.70. The van der Waals surface area contributed by atoms with Crippen LogP contribution < -0.4 is 5.32 Å². The third-order valence-electron chi connectivity index (χ3n) is 3.44. The topological polar surface area (TPSA) is 45.5 Å². The van der Waals surface area contributed by atoms with E-state index in [1.165, 1.54) is 25.9 Å². The molecule has 0 saturated carbocycles. The van der Waals surface area contributed by atoms with E-state index in [-0.39, 0.29) is 0 Å². The van der Waals surface area contributed by atoms with Crippen LogP contribution in [0.4, 0.5) is 5.82 Å². The lowest BCUT2D eigenvalue weighted by Gasteiger charge is -2.21. The second-order valence-electron chi connectivity index (χ2n) is 4.99. The van der Waals surface area contributed by atoms with Crippen molar-refractivity contribution in [2.75, 3.05) is 25.0 Å². The van der Waals surface area contributed by atoms with Crippen molar-refractivity contribution in [2.45, 2.75) is 25.8 Å². The Morgan fingerprint density at radius 1 is 1.33 bits per heavy atom. The summed E-state index contributed by atoms with van der Waals surface area (Å²) >= 11 is 0. The predicted octanol–water partition coefficient (Wildman–Crippen LogP) is 1.63. The van der Waals surface area contributed by atoms with Gasteiger partial charge in [0.1, 0.15) is 5.52 Å². The second-order valence-corrected chi connectivity index (χ2v) is 4.99. The van der Waals surface area contributed by atoms with Gasteiger partial charge in [-0.3, -0.25) is 0 Å². The largest absolute Gasteiger partial charge is 0.365 e. The molecule has 2 aromatic rings. The molecular formula is C13H19N5. The van der Waals surface area contributed by atoms with Gasteiger partial charge in [-0.05, 0) is 38.9 Å². The van der Waals surface area contributed by atoms with Crippen LogP contribution in [0.25, 0.3) is 5.52 Å². The summed E-state index contributed by atoms with van der Waals surface area (Å²) in [4.78, 5) is 6.91. The van der Waals surface area contributed by atoms with Gasteiger partial charge in [0.2, 0.25) is 0 Å². The van der Waals surface area contributed by atoms with Crippen LogP contribution in [0.5, 0.6) is 0 Å². The maximum absolute atomic E-state index is 4.40. The van der Waals surface area contributed by atoms with Crippen molar-refractivity contribution in [3.05, 3.63) is 24.7 Å². The van der Waals surface area contributed by atoms with E-state index in [1.54, 1.807) is 12.4 Å². The molecule has 5 heteroatoms. The van der Waals surface area contributed by atoms with Crippen LogP contribution in [0.15, 0.2) is 24.7 Å². The number of anilines is 1. The third kappa shape index (κ3) is 2.31. The number of nitrogens with one attached hydrogen (secondary N) is 1. The van der Waals surface area contributed by atoms with Crippen LogP contribution in [0.3, 0.4) is 0 Å². The number of rotatable bonds is 4. The minimum Gasteiger partial charge on any atom is -0.365 e. The molecule has 1 aliphatic rings. The first-order chi connectivity index (χ1) is 8.83. The van der Waals surface area contributed by atoms with Crippen LogP contribution >= 0.6 is 0 Å². The second kappa shape index (κ2) is 4.94. The van der Waals surface area contributed by atoms with Gasteiger partial charge in [0.05, 0.1) is 6.20 Å². The van der Waals surface area contributed by atoms with Crippen LogP contribution in [-0.4, -0.2) is 45.2 Å². The normalized spacial score (nSPS) is 18.3. The number of nitrogens with zero attached hydrogens (tertiary/aromatic N) is 4. The molecule has 0 aromatic carbocycles. The molecule has 3 rings (SSSR count). The van der Waals surface area contributed by atoms with Gasteiger partial charge in [-0.25, -0.2) is 9.50 Å². The van der Waals surface area contributed by atoms with Gasteiger partial charge in [-0.1, -0.05) is 0 Å². The van der Waals surface area contributed by atoms with Gasteiger partial charge in [0.15, 0.2) is 5.82 Å². The first kappa shape index (κ1) is 11.5. The van der Waals surface area contributed by atoms with E-state index in [1.807, 2.05) is 16.8 Å². The molecule has 0 amide bonds. The van der Waals surface area contributed by atoms with Gasteiger partial charge in [0.25, 0.3) is 0 Å². The smallest absolute Gasteiger partial charge is 0.152 e. The number of likely N-dealkylation sites (tertiary alicyclic amines) is 1. The Morgan fingerprint density at radius 3 is 3.00 bits per heavy atom. The molecule has 0 spiro atoms. The molecule has 3 heterocycles. The van der Waals surface area contributed by atoms with E-state index < -0.39 is 0 Å². The van der Waals surface area contributed by atoms with Crippen molar-refractivity contribution in [2.24, 2.45) is 0 Å². The van der Waals surface area contributed by atoms with Crippen molar-refractivity contribution >= 4 is 11.3 Å². The van der Waals surface area contributed by atoms with E-state index in [9.17, 15) is 0 Å². The Kier molecular flexibility index (Phi) is 3.15. The minimum atomic E-state index is 0.400. The standard InChI is InChI=1S/C13H19N5/c1-11(10-17-7-2-3-8-17)16-13-12-4-5-15-18(12)9-6-14-13/h4-6,9,11H,2-3,7-8,10H2,1H3,(H,14,16). The molecule has 1 saturated heterocycles. The van der Waals surface area contributed by atoms with Gasteiger partial charge < -0.3 is 10.2 Å². The Morgan fingerprint density at radius 2 is 2.17 bits per heavy atom. The van der Waals surface area contributed by atoms with Crippen LogP contribution in [0.1, 0.15) is 19.8 Å². The van der Waals surface area contributed by atoms with Crippen LogP contribution in [0.2, 0.25) is 0 Å². The van der Waals surface area contributed by atoms with Gasteiger partial charge in [-0.2, -0.15) is 5.10 Å². The third-order valence-corrected chi connectivity index (χ3v) is 3.44. The van der Waals surface area contributed by atoms with Crippen molar-refractivity contribution < 1.29 is 0 Å². The fourth-order valence-electron chi connectivity index (χ4n) is 2.60.